The van der Waals surface area contributed by atoms with E-state index in [0.29, 0.717) is 25.9 Å². The number of aryl methyl sites for hydroxylation is 1. The van der Waals surface area contributed by atoms with Gasteiger partial charge >= 0.3 is 0 Å². The maximum atomic E-state index is 13.9. The molecule has 1 fully saturated rings. The molecule has 1 aromatic heterocycles. The first-order chi connectivity index (χ1) is 12.8. The molecular formula is C19H24F2N4O2. The lowest BCUT2D eigenvalue weighted by Crippen LogP contribution is -2.57. The Morgan fingerprint density at radius 1 is 1.37 bits per heavy atom. The van der Waals surface area contributed by atoms with E-state index < -0.39 is 23.1 Å². The number of piperidine rings is 1. The van der Waals surface area contributed by atoms with Crippen LogP contribution in [0.5, 0.6) is 0 Å². The molecule has 1 aliphatic rings. The second-order valence-electron chi connectivity index (χ2n) is 7.27. The van der Waals surface area contributed by atoms with Gasteiger partial charge in [-0.25, -0.2) is 8.78 Å². The summed E-state index contributed by atoms with van der Waals surface area (Å²) in [6, 6.07) is 3.91. The first kappa shape index (κ1) is 19.4. The van der Waals surface area contributed by atoms with Gasteiger partial charge in [-0.1, -0.05) is 12.1 Å². The Balaban J connectivity index is 1.68. The molecule has 1 aliphatic heterocycles. The number of likely N-dealkylation sites (tertiary alicyclic amines) is 1. The first-order valence-corrected chi connectivity index (χ1v) is 8.89. The molecule has 1 saturated heterocycles. The van der Waals surface area contributed by atoms with Gasteiger partial charge in [0.25, 0.3) is 5.91 Å². The van der Waals surface area contributed by atoms with Crippen LogP contribution in [0.25, 0.3) is 0 Å². The number of likely N-dealkylation sites (N-methyl/N-ethyl adjacent to an activating group) is 1. The quantitative estimate of drug-likeness (QED) is 0.831. The number of carbonyl (C=O) groups is 1. The van der Waals surface area contributed by atoms with Gasteiger partial charge in [-0.2, -0.15) is 5.10 Å². The van der Waals surface area contributed by atoms with Crippen LogP contribution in [0.1, 0.15) is 24.0 Å². The molecule has 27 heavy (non-hydrogen) atoms. The Hall–Kier alpha value is -2.32. The Labute approximate surface area is 157 Å². The monoisotopic (exact) mass is 378 g/mol. The summed E-state index contributed by atoms with van der Waals surface area (Å²) in [7, 11) is 3.65. The third-order valence-corrected chi connectivity index (χ3v) is 4.84. The van der Waals surface area contributed by atoms with Crippen molar-refractivity contribution in [1.29, 1.82) is 0 Å². The number of amides is 1. The lowest BCUT2D eigenvalue weighted by Gasteiger charge is -2.40. The lowest BCUT2D eigenvalue weighted by molar-refractivity contribution is -0.160. The highest BCUT2D eigenvalue weighted by Crippen LogP contribution is 2.26. The van der Waals surface area contributed by atoms with Crippen LogP contribution in [0.4, 0.5) is 8.78 Å². The van der Waals surface area contributed by atoms with Gasteiger partial charge in [-0.05, 0) is 26.0 Å². The number of carbonyl (C=O) groups excluding carboxylic acids is 1. The van der Waals surface area contributed by atoms with E-state index in [2.05, 4.69) is 5.10 Å². The smallest absolute Gasteiger partial charge is 0.256 e. The van der Waals surface area contributed by atoms with Crippen LogP contribution in [0.3, 0.4) is 0 Å². The normalized spacial score (nSPS) is 20.5. The number of benzene rings is 1. The highest BCUT2D eigenvalue weighted by atomic mass is 19.2. The fourth-order valence-corrected chi connectivity index (χ4v) is 3.61. The van der Waals surface area contributed by atoms with Gasteiger partial charge in [0, 0.05) is 50.6 Å². The SMILES string of the molecule is CN(Cc1cnn(C)c1)CC1(O)CCCN(Cc2cccc(F)c2F)C1=O. The summed E-state index contributed by atoms with van der Waals surface area (Å²) in [5.74, 6) is -2.34. The number of nitrogens with zero attached hydrogens (tertiary/aromatic N) is 4. The Morgan fingerprint density at radius 3 is 2.85 bits per heavy atom. The summed E-state index contributed by atoms with van der Waals surface area (Å²) in [6.45, 7) is 1.05. The van der Waals surface area contributed by atoms with Crippen LogP contribution in [-0.2, 0) is 24.9 Å². The van der Waals surface area contributed by atoms with Crippen molar-refractivity contribution in [3.8, 4) is 0 Å². The number of hydrogen-bond donors (Lipinski definition) is 1. The molecule has 146 valence electrons. The zero-order valence-corrected chi connectivity index (χ0v) is 15.5. The molecule has 0 radical (unpaired) electrons. The number of hydrogen-bond acceptors (Lipinski definition) is 4. The third kappa shape index (κ3) is 4.33. The molecule has 0 bridgehead atoms. The summed E-state index contributed by atoms with van der Waals surface area (Å²) in [5.41, 5.74) is -0.458. The van der Waals surface area contributed by atoms with E-state index in [9.17, 15) is 18.7 Å². The van der Waals surface area contributed by atoms with Crippen molar-refractivity contribution in [2.75, 3.05) is 20.1 Å². The largest absolute Gasteiger partial charge is 0.379 e. The molecule has 1 unspecified atom stereocenters. The van der Waals surface area contributed by atoms with Gasteiger partial charge in [-0.15, -0.1) is 0 Å². The van der Waals surface area contributed by atoms with Gasteiger partial charge in [-0.3, -0.25) is 14.4 Å². The van der Waals surface area contributed by atoms with Crippen molar-refractivity contribution < 1.29 is 18.7 Å². The zero-order valence-electron chi connectivity index (χ0n) is 15.5. The Kier molecular flexibility index (Phi) is 5.57. The molecule has 0 saturated carbocycles. The second kappa shape index (κ2) is 7.74. The maximum absolute atomic E-state index is 13.9. The Morgan fingerprint density at radius 2 is 2.15 bits per heavy atom. The van der Waals surface area contributed by atoms with Crippen LogP contribution >= 0.6 is 0 Å². The van der Waals surface area contributed by atoms with Gasteiger partial charge in [0.15, 0.2) is 17.2 Å². The van der Waals surface area contributed by atoms with Crippen LogP contribution < -0.4 is 0 Å². The van der Waals surface area contributed by atoms with Crippen molar-refractivity contribution >= 4 is 5.91 Å². The van der Waals surface area contributed by atoms with Gasteiger partial charge in [0.05, 0.1) is 6.20 Å². The molecule has 2 aromatic rings. The topological polar surface area (TPSA) is 61.6 Å². The zero-order chi connectivity index (χ0) is 19.6. The molecule has 8 heteroatoms. The molecule has 1 N–H and O–H groups in total. The average molecular weight is 378 g/mol. The minimum absolute atomic E-state index is 0.0585. The van der Waals surface area contributed by atoms with E-state index in [-0.39, 0.29) is 18.7 Å². The number of aromatic nitrogens is 2. The maximum Gasteiger partial charge on any atom is 0.256 e. The van der Waals surface area contributed by atoms with Crippen LogP contribution in [0, 0.1) is 11.6 Å². The molecule has 3 rings (SSSR count). The first-order valence-electron chi connectivity index (χ1n) is 8.89. The lowest BCUT2D eigenvalue weighted by atomic mass is 9.90. The van der Waals surface area contributed by atoms with Crippen molar-refractivity contribution in [2.45, 2.75) is 31.5 Å². The summed E-state index contributed by atoms with van der Waals surface area (Å²) < 4.78 is 29.1. The molecule has 1 atom stereocenters. The molecule has 1 aromatic carbocycles. The highest BCUT2D eigenvalue weighted by Gasteiger charge is 2.43. The predicted octanol–water partition coefficient (Wildman–Crippen LogP) is 1.68. The fraction of sp³-hybridized carbons (Fsp3) is 0.474. The molecule has 0 spiro atoms. The van der Waals surface area contributed by atoms with Gasteiger partial charge in [0.1, 0.15) is 0 Å². The van der Waals surface area contributed by atoms with E-state index >= 15 is 0 Å². The average Bonchev–Trinajstić information content (AvgIpc) is 3.00. The summed E-state index contributed by atoms with van der Waals surface area (Å²) >= 11 is 0. The molecular weight excluding hydrogens is 354 g/mol. The molecule has 6 nitrogen and oxygen atoms in total. The van der Waals surface area contributed by atoms with E-state index in [1.165, 1.54) is 17.0 Å². The second-order valence-corrected chi connectivity index (χ2v) is 7.27. The van der Waals surface area contributed by atoms with Crippen LogP contribution in [0.2, 0.25) is 0 Å². The van der Waals surface area contributed by atoms with E-state index in [4.69, 9.17) is 0 Å². The highest BCUT2D eigenvalue weighted by molar-refractivity contribution is 5.86. The third-order valence-electron chi connectivity index (χ3n) is 4.84. The van der Waals surface area contributed by atoms with Crippen LogP contribution in [0.15, 0.2) is 30.6 Å². The van der Waals surface area contributed by atoms with Crippen LogP contribution in [-0.4, -0.2) is 56.3 Å². The van der Waals surface area contributed by atoms with Crippen molar-refractivity contribution in [3.63, 3.8) is 0 Å². The van der Waals surface area contributed by atoms with Gasteiger partial charge in [0.2, 0.25) is 0 Å². The van der Waals surface area contributed by atoms with Gasteiger partial charge < -0.3 is 10.0 Å². The Bertz CT molecular complexity index is 826. The predicted molar refractivity (Wildman–Crippen MR) is 95.5 cm³/mol. The summed E-state index contributed by atoms with van der Waals surface area (Å²) in [5, 5.41) is 15.1. The minimum Gasteiger partial charge on any atom is -0.379 e. The number of halogens is 2. The molecule has 2 heterocycles. The molecule has 1 amide bonds. The number of rotatable bonds is 6. The molecule has 0 aliphatic carbocycles. The van der Waals surface area contributed by atoms with Crippen molar-refractivity contribution in [3.05, 3.63) is 53.4 Å². The minimum atomic E-state index is -1.54. The van der Waals surface area contributed by atoms with E-state index in [1.54, 1.807) is 10.9 Å². The van der Waals surface area contributed by atoms with Crippen molar-refractivity contribution in [1.82, 2.24) is 19.6 Å². The standard InChI is InChI=1S/C19H24F2N4O2/c1-23(10-14-9-22-24(2)11-14)13-19(27)7-4-8-25(18(19)26)12-15-5-3-6-16(20)17(15)21/h3,5-6,9,11,27H,4,7-8,10,12-13H2,1-2H3. The van der Waals surface area contributed by atoms with E-state index in [1.807, 2.05) is 25.2 Å². The number of aliphatic hydroxyl groups is 1. The fourth-order valence-electron chi connectivity index (χ4n) is 3.61. The van der Waals surface area contributed by atoms with E-state index in [0.717, 1.165) is 11.6 Å². The van der Waals surface area contributed by atoms with Crippen molar-refractivity contribution in [2.24, 2.45) is 7.05 Å². The summed E-state index contributed by atoms with van der Waals surface area (Å²) in [6.07, 6.45) is 4.55. The summed E-state index contributed by atoms with van der Waals surface area (Å²) in [4.78, 5) is 16.1.